The maximum Gasteiger partial charge on any atom is 0.306 e. The Hall–Kier alpha value is -0.900. The van der Waals surface area contributed by atoms with E-state index in [0.29, 0.717) is 36.6 Å². The minimum absolute atomic E-state index is 0.0270. The molecule has 0 aromatic heterocycles. The molecule has 3 saturated heterocycles. The first-order chi connectivity index (χ1) is 12.5. The van der Waals surface area contributed by atoms with Gasteiger partial charge in [0.15, 0.2) is 0 Å². The summed E-state index contributed by atoms with van der Waals surface area (Å²) in [7, 11) is 0. The van der Waals surface area contributed by atoms with Crippen LogP contribution in [-0.2, 0) is 14.3 Å². The molecule has 0 aromatic carbocycles. The second kappa shape index (κ2) is 4.92. The van der Waals surface area contributed by atoms with Gasteiger partial charge in [-0.2, -0.15) is 0 Å². The third-order valence-corrected chi connectivity index (χ3v) is 9.92. The van der Waals surface area contributed by atoms with Crippen LogP contribution in [0.5, 0.6) is 0 Å². The zero-order valence-corrected chi connectivity index (χ0v) is 16.1. The number of carbonyl (C=O) groups is 2. The van der Waals surface area contributed by atoms with Gasteiger partial charge in [-0.25, -0.2) is 0 Å². The van der Waals surface area contributed by atoms with Crippen molar-refractivity contribution in [2.75, 3.05) is 6.54 Å². The molecular weight excluding hydrogens is 326 g/mol. The van der Waals surface area contributed by atoms with E-state index in [-0.39, 0.29) is 23.2 Å². The Morgan fingerprint density at radius 1 is 1.12 bits per heavy atom. The first kappa shape index (κ1) is 16.1. The van der Waals surface area contributed by atoms with Crippen molar-refractivity contribution in [3.8, 4) is 0 Å². The molecule has 4 nitrogen and oxygen atoms in total. The second-order valence-electron chi connectivity index (χ2n) is 10.5. The van der Waals surface area contributed by atoms with Crippen LogP contribution in [0.15, 0.2) is 0 Å². The minimum atomic E-state index is -0.434. The molecule has 0 amide bonds. The van der Waals surface area contributed by atoms with Crippen molar-refractivity contribution in [1.29, 1.82) is 0 Å². The van der Waals surface area contributed by atoms with Crippen molar-refractivity contribution in [3.63, 3.8) is 0 Å². The molecule has 3 aliphatic carbocycles. The average Bonchev–Trinajstić information content (AvgIpc) is 3.29. The van der Waals surface area contributed by atoms with Gasteiger partial charge in [-0.05, 0) is 56.8 Å². The zero-order valence-electron chi connectivity index (χ0n) is 16.1. The number of fused-ring (bicyclic) bond motifs is 5. The monoisotopic (exact) mass is 357 g/mol. The number of ketones is 1. The van der Waals surface area contributed by atoms with Crippen LogP contribution >= 0.6 is 0 Å². The Bertz CT molecular complexity index is 691. The van der Waals surface area contributed by atoms with E-state index < -0.39 is 5.60 Å². The van der Waals surface area contributed by atoms with Crippen LogP contribution in [0.25, 0.3) is 0 Å². The highest BCUT2D eigenvalue weighted by molar-refractivity contribution is 5.83. The average molecular weight is 357 g/mol. The Morgan fingerprint density at radius 3 is 2.81 bits per heavy atom. The maximum absolute atomic E-state index is 13.0. The highest BCUT2D eigenvalue weighted by Crippen LogP contribution is 2.69. The molecule has 3 heterocycles. The standard InChI is InChI=1S/C22H31NO3/c1-12-11-23-19-15-5-3-4-14(15)17(24)10-16(19)21(2)22(9-7-18(25)26-21)8-6-13(12)20(22)23/h12-16,19-20H,3-11H2,1-2H3/t12-,13-,14+,15-,16+,19+,20+,21+,22+/m1/s1. The van der Waals surface area contributed by atoms with E-state index in [9.17, 15) is 9.59 Å². The SMILES string of the molecule is C[C@@H]1CN2[C@H]3[C@@H]4CCC[C@@H]4C(=O)C[C@@H]3[C@]3(C)OC(=O)CC[C@]34CC[C@H]1[C@H]24. The molecule has 6 aliphatic rings. The molecule has 0 radical (unpaired) electrons. The molecule has 0 N–H and O–H groups in total. The highest BCUT2D eigenvalue weighted by Gasteiger charge is 2.75. The maximum atomic E-state index is 13.0. The lowest BCUT2D eigenvalue weighted by Gasteiger charge is -2.66. The van der Waals surface area contributed by atoms with E-state index in [2.05, 4.69) is 18.7 Å². The van der Waals surface area contributed by atoms with Gasteiger partial charge in [0.05, 0.1) is 0 Å². The van der Waals surface area contributed by atoms with E-state index in [4.69, 9.17) is 4.74 Å². The summed E-state index contributed by atoms with van der Waals surface area (Å²) in [5.74, 6) is 2.92. The van der Waals surface area contributed by atoms with Gasteiger partial charge in [0.2, 0.25) is 0 Å². The van der Waals surface area contributed by atoms with Crippen LogP contribution < -0.4 is 0 Å². The quantitative estimate of drug-likeness (QED) is 0.625. The molecule has 3 saturated carbocycles. The molecular formula is C22H31NO3. The van der Waals surface area contributed by atoms with E-state index in [0.717, 1.165) is 24.7 Å². The summed E-state index contributed by atoms with van der Waals surface area (Å²) in [5.41, 5.74) is -0.348. The van der Waals surface area contributed by atoms with Crippen molar-refractivity contribution < 1.29 is 14.3 Å². The van der Waals surface area contributed by atoms with Gasteiger partial charge in [-0.1, -0.05) is 13.3 Å². The Kier molecular flexibility index (Phi) is 3.05. The molecule has 26 heavy (non-hydrogen) atoms. The normalized spacial score (nSPS) is 58.0. The largest absolute Gasteiger partial charge is 0.458 e. The van der Waals surface area contributed by atoms with Crippen LogP contribution in [0.1, 0.15) is 65.2 Å². The van der Waals surface area contributed by atoms with Gasteiger partial charge in [0.1, 0.15) is 11.4 Å². The molecule has 6 rings (SSSR count). The summed E-state index contributed by atoms with van der Waals surface area (Å²) in [6, 6.07) is 1.03. The van der Waals surface area contributed by atoms with Crippen molar-refractivity contribution in [3.05, 3.63) is 0 Å². The van der Waals surface area contributed by atoms with Gasteiger partial charge >= 0.3 is 5.97 Å². The lowest BCUT2D eigenvalue weighted by Crippen LogP contribution is -2.75. The third kappa shape index (κ3) is 1.63. The minimum Gasteiger partial charge on any atom is -0.458 e. The van der Waals surface area contributed by atoms with Crippen LogP contribution in [0.3, 0.4) is 0 Å². The van der Waals surface area contributed by atoms with E-state index in [1.165, 1.54) is 32.2 Å². The lowest BCUT2D eigenvalue weighted by atomic mass is 9.51. The molecule has 142 valence electrons. The molecule has 3 aliphatic heterocycles. The van der Waals surface area contributed by atoms with Gasteiger partial charge in [0, 0.05) is 48.7 Å². The smallest absolute Gasteiger partial charge is 0.306 e. The van der Waals surface area contributed by atoms with Crippen molar-refractivity contribution in [2.24, 2.45) is 35.0 Å². The fourth-order valence-corrected chi connectivity index (χ4v) is 8.99. The predicted octanol–water partition coefficient (Wildman–Crippen LogP) is 3.19. The molecule has 0 unspecified atom stereocenters. The van der Waals surface area contributed by atoms with Crippen LogP contribution in [-0.4, -0.2) is 40.9 Å². The molecule has 1 spiro atoms. The van der Waals surface area contributed by atoms with Gasteiger partial charge in [0.25, 0.3) is 0 Å². The fraction of sp³-hybridized carbons (Fsp3) is 0.909. The number of hydrogen-bond acceptors (Lipinski definition) is 4. The summed E-state index contributed by atoms with van der Waals surface area (Å²) in [6.07, 6.45) is 8.11. The third-order valence-electron chi connectivity index (χ3n) is 9.92. The van der Waals surface area contributed by atoms with Crippen LogP contribution in [0.2, 0.25) is 0 Å². The van der Waals surface area contributed by atoms with Gasteiger partial charge < -0.3 is 4.74 Å². The number of rotatable bonds is 0. The lowest BCUT2D eigenvalue weighted by molar-refractivity contribution is -0.252. The summed E-state index contributed by atoms with van der Waals surface area (Å²) < 4.78 is 6.29. The summed E-state index contributed by atoms with van der Waals surface area (Å²) >= 11 is 0. The number of hydrogen-bond donors (Lipinski definition) is 0. The molecule has 0 aromatic rings. The molecule has 4 heteroatoms. The van der Waals surface area contributed by atoms with Crippen LogP contribution in [0, 0.1) is 35.0 Å². The number of nitrogens with zero attached hydrogens (tertiary/aromatic N) is 1. The Labute approximate surface area is 156 Å². The van der Waals surface area contributed by atoms with E-state index in [1.54, 1.807) is 0 Å². The molecule has 6 fully saturated rings. The number of ether oxygens (including phenoxy) is 1. The molecule has 0 bridgehead atoms. The van der Waals surface area contributed by atoms with E-state index in [1.807, 2.05) is 0 Å². The zero-order chi connectivity index (χ0) is 17.8. The highest BCUT2D eigenvalue weighted by atomic mass is 16.6. The van der Waals surface area contributed by atoms with Crippen molar-refractivity contribution >= 4 is 11.8 Å². The van der Waals surface area contributed by atoms with E-state index >= 15 is 0 Å². The number of carbonyl (C=O) groups excluding carboxylic acids is 2. The van der Waals surface area contributed by atoms with Gasteiger partial charge in [-0.15, -0.1) is 0 Å². The first-order valence-corrected chi connectivity index (χ1v) is 11.0. The topological polar surface area (TPSA) is 46.6 Å². The van der Waals surface area contributed by atoms with Crippen molar-refractivity contribution in [2.45, 2.75) is 82.9 Å². The summed E-state index contributed by atoms with van der Waals surface area (Å²) in [6.45, 7) is 5.86. The number of piperidine rings is 1. The van der Waals surface area contributed by atoms with Crippen molar-refractivity contribution in [1.82, 2.24) is 4.90 Å². The second-order valence-corrected chi connectivity index (χ2v) is 10.5. The first-order valence-electron chi connectivity index (χ1n) is 11.0. The predicted molar refractivity (Wildman–Crippen MR) is 96.3 cm³/mol. The van der Waals surface area contributed by atoms with Crippen LogP contribution in [0.4, 0.5) is 0 Å². The number of esters is 1. The Balaban J connectivity index is 1.53. The number of Topliss-reactive ketones (excluding diaryl/α,β-unsaturated/α-hetero) is 1. The Morgan fingerprint density at radius 2 is 1.96 bits per heavy atom. The molecule has 9 atom stereocenters. The summed E-state index contributed by atoms with van der Waals surface area (Å²) in [5, 5.41) is 0. The van der Waals surface area contributed by atoms with Gasteiger partial charge in [-0.3, -0.25) is 14.5 Å². The summed E-state index contributed by atoms with van der Waals surface area (Å²) in [4.78, 5) is 28.3. The fourth-order valence-electron chi connectivity index (χ4n) is 8.99.